The minimum Gasteiger partial charge on any atom is -0.497 e. The van der Waals surface area contributed by atoms with E-state index in [1.54, 1.807) is 54.5 Å². The van der Waals surface area contributed by atoms with Gasteiger partial charge in [-0.15, -0.1) is 0 Å². The number of hydrogen-bond donors (Lipinski definition) is 2. The molecule has 2 N–H and O–H groups in total. The number of aliphatic hydroxyl groups excluding tert-OH is 1. The quantitative estimate of drug-likeness (QED) is 0.121. The molecule has 0 radical (unpaired) electrons. The Hall–Kier alpha value is -4.84. The van der Waals surface area contributed by atoms with Crippen molar-refractivity contribution in [3.63, 3.8) is 0 Å². The highest BCUT2D eigenvalue weighted by molar-refractivity contribution is 6.91. The summed E-state index contributed by atoms with van der Waals surface area (Å²) in [6.07, 6.45) is -0.117. The van der Waals surface area contributed by atoms with Crippen LogP contribution in [0.1, 0.15) is 34.8 Å². The number of non-ortho nitro benzene ring substituents is 1. The summed E-state index contributed by atoms with van der Waals surface area (Å²) in [5.41, 5.74) is 1.32. The minimum atomic E-state index is -2.40. The van der Waals surface area contributed by atoms with E-state index in [1.165, 1.54) is 12.1 Å². The lowest BCUT2D eigenvalue weighted by Gasteiger charge is -2.37. The van der Waals surface area contributed by atoms with Crippen molar-refractivity contribution in [2.75, 3.05) is 23.9 Å². The smallest absolute Gasteiger partial charge is 0.269 e. The van der Waals surface area contributed by atoms with E-state index in [9.17, 15) is 24.8 Å². The van der Waals surface area contributed by atoms with Crippen molar-refractivity contribution in [3.8, 4) is 5.75 Å². The van der Waals surface area contributed by atoms with E-state index < -0.39 is 24.7 Å². The maximum Gasteiger partial charge on any atom is 0.269 e. The average molecular weight is 666 g/mol. The highest BCUT2D eigenvalue weighted by atomic mass is 28.3. The number of carbonyl (C=O) groups excluding carboxylic acids is 2. The number of ether oxygens (including phenoxy) is 2. The van der Waals surface area contributed by atoms with Crippen molar-refractivity contribution >= 4 is 42.1 Å². The van der Waals surface area contributed by atoms with Crippen molar-refractivity contribution in [2.24, 2.45) is 5.92 Å². The molecule has 4 aromatic carbocycles. The van der Waals surface area contributed by atoms with E-state index in [0.717, 1.165) is 16.5 Å². The SMILES string of the molecule is COc1ccc([Si](C)(C)[C@H]2[C@H](CCO)O[C@@]3(C(=O)N(Cc4ccc(NC(=O)c5ccccc5)cc4)c4ccc([N+](=O)[O-])cc43)[C@@H]2C)cc1. The number of benzene rings is 4. The van der Waals surface area contributed by atoms with Crippen LogP contribution in [-0.4, -0.2) is 49.7 Å². The first-order valence-electron chi connectivity index (χ1n) is 16.0. The number of anilines is 2. The van der Waals surface area contributed by atoms with Crippen molar-refractivity contribution < 1.29 is 29.1 Å². The zero-order valence-electron chi connectivity index (χ0n) is 27.4. The number of methoxy groups -OCH3 is 1. The topological polar surface area (TPSA) is 131 Å². The van der Waals surface area contributed by atoms with Crippen LogP contribution < -0.4 is 20.1 Å². The first-order chi connectivity index (χ1) is 23.0. The number of nitro benzene ring substituents is 1. The van der Waals surface area contributed by atoms with Crippen LogP contribution in [0.2, 0.25) is 18.6 Å². The Kier molecular flexibility index (Phi) is 8.95. The summed E-state index contributed by atoms with van der Waals surface area (Å²) in [6.45, 7) is 6.57. The van der Waals surface area contributed by atoms with Gasteiger partial charge in [0, 0.05) is 41.5 Å². The van der Waals surface area contributed by atoms with E-state index in [2.05, 4.69) is 30.5 Å². The van der Waals surface area contributed by atoms with Crippen molar-refractivity contribution in [2.45, 2.75) is 50.2 Å². The van der Waals surface area contributed by atoms with Crippen LogP contribution in [0.4, 0.5) is 17.1 Å². The summed E-state index contributed by atoms with van der Waals surface area (Å²) in [5, 5.41) is 26.2. The van der Waals surface area contributed by atoms with Crippen LogP contribution in [0.15, 0.2) is 97.1 Å². The van der Waals surface area contributed by atoms with Gasteiger partial charge in [0.05, 0.1) is 38.4 Å². The molecule has 11 heteroatoms. The molecular weight excluding hydrogens is 627 g/mol. The van der Waals surface area contributed by atoms with Gasteiger partial charge in [-0.25, -0.2) is 0 Å². The van der Waals surface area contributed by atoms with Gasteiger partial charge in [0.1, 0.15) is 5.75 Å². The summed E-state index contributed by atoms with van der Waals surface area (Å²) in [5.74, 6) is -0.114. The van der Waals surface area contributed by atoms with Gasteiger partial charge in [0.2, 0.25) is 0 Å². The molecule has 6 rings (SSSR count). The van der Waals surface area contributed by atoms with Gasteiger partial charge in [-0.2, -0.15) is 0 Å². The standard InChI is InChI=1S/C37H39N3O7Si/c1-24-34(48(3,4)30-17-15-29(46-2)16-18-30)33(20-21-41)47-37(24)31-22-28(40(44)45)14-19-32(31)39(36(37)43)23-25-10-12-27(13-11-25)38-35(42)26-8-6-5-7-9-26/h5-19,22,24,33-34,41H,20-21,23H2,1-4H3,(H,38,42)/t24-,33+,34-,37+/m1/s1. The maximum atomic E-state index is 14.8. The molecule has 4 aromatic rings. The number of nitro groups is 1. The molecule has 0 bridgehead atoms. The lowest BCUT2D eigenvalue weighted by molar-refractivity contribution is -0.385. The second-order valence-electron chi connectivity index (χ2n) is 13.0. The second kappa shape index (κ2) is 13.0. The predicted octanol–water partition coefficient (Wildman–Crippen LogP) is 6.00. The number of nitrogens with zero attached hydrogens (tertiary/aromatic N) is 2. The molecule has 0 aromatic heterocycles. The molecule has 1 spiro atoms. The molecule has 2 aliphatic rings. The van der Waals surface area contributed by atoms with Gasteiger partial charge in [-0.05, 0) is 60.0 Å². The Morgan fingerprint density at radius 3 is 2.35 bits per heavy atom. The third-order valence-corrected chi connectivity index (χ3v) is 14.4. The third-order valence-electron chi connectivity index (χ3n) is 10.0. The molecule has 1 fully saturated rings. The number of aliphatic hydroxyl groups is 1. The number of nitrogens with one attached hydrogen (secondary N) is 1. The Bertz CT molecular complexity index is 1830. The highest BCUT2D eigenvalue weighted by Crippen LogP contribution is 2.60. The molecule has 248 valence electrons. The summed E-state index contributed by atoms with van der Waals surface area (Å²) in [4.78, 5) is 40.6. The lowest BCUT2D eigenvalue weighted by atomic mass is 9.82. The Morgan fingerprint density at radius 2 is 1.73 bits per heavy atom. The Morgan fingerprint density at radius 1 is 1.04 bits per heavy atom. The van der Waals surface area contributed by atoms with E-state index in [4.69, 9.17) is 9.47 Å². The first kappa shape index (κ1) is 33.1. The van der Waals surface area contributed by atoms with Crippen molar-refractivity contribution in [1.29, 1.82) is 0 Å². The lowest BCUT2D eigenvalue weighted by Crippen LogP contribution is -2.51. The van der Waals surface area contributed by atoms with Gasteiger partial charge in [-0.3, -0.25) is 19.7 Å². The number of fused-ring (bicyclic) bond motifs is 2. The second-order valence-corrected chi connectivity index (χ2v) is 17.7. The van der Waals surface area contributed by atoms with Gasteiger partial charge in [-0.1, -0.05) is 67.7 Å². The van der Waals surface area contributed by atoms with E-state index in [1.807, 2.05) is 37.3 Å². The van der Waals surface area contributed by atoms with E-state index in [0.29, 0.717) is 28.9 Å². The first-order valence-corrected chi connectivity index (χ1v) is 19.1. The van der Waals surface area contributed by atoms with Crippen LogP contribution in [0.3, 0.4) is 0 Å². The molecule has 0 unspecified atom stereocenters. The van der Waals surface area contributed by atoms with E-state index in [-0.39, 0.29) is 42.1 Å². The molecule has 4 atom stereocenters. The Balaban J connectivity index is 1.35. The minimum absolute atomic E-state index is 0.0958. The maximum absolute atomic E-state index is 14.8. The summed E-state index contributed by atoms with van der Waals surface area (Å²) in [6, 6.07) is 28.7. The number of rotatable bonds is 10. The van der Waals surface area contributed by atoms with Crippen molar-refractivity contribution in [3.05, 3.63) is 124 Å². The average Bonchev–Trinajstić information content (AvgIpc) is 3.52. The van der Waals surface area contributed by atoms with Gasteiger partial charge >= 0.3 is 0 Å². The molecular formula is C37H39N3O7Si. The number of hydrogen-bond acceptors (Lipinski definition) is 7. The molecule has 0 aliphatic carbocycles. The molecule has 1 saturated heterocycles. The molecule has 0 saturated carbocycles. The van der Waals surface area contributed by atoms with Gasteiger partial charge < -0.3 is 24.8 Å². The van der Waals surface area contributed by atoms with Gasteiger partial charge in [0.25, 0.3) is 17.5 Å². The van der Waals surface area contributed by atoms with Crippen molar-refractivity contribution in [1.82, 2.24) is 0 Å². The zero-order valence-corrected chi connectivity index (χ0v) is 28.4. The zero-order chi connectivity index (χ0) is 34.2. The normalized spacial score (nSPS) is 21.7. The number of amides is 2. The fraction of sp³-hybridized carbons (Fsp3) is 0.297. The molecule has 2 amide bonds. The van der Waals surface area contributed by atoms with Crippen LogP contribution in [0.5, 0.6) is 5.75 Å². The monoisotopic (exact) mass is 665 g/mol. The van der Waals surface area contributed by atoms with Crippen LogP contribution in [0, 0.1) is 16.0 Å². The third kappa shape index (κ3) is 5.67. The molecule has 48 heavy (non-hydrogen) atoms. The summed E-state index contributed by atoms with van der Waals surface area (Å²) < 4.78 is 12.2. The summed E-state index contributed by atoms with van der Waals surface area (Å²) >= 11 is 0. The molecule has 2 aliphatic heterocycles. The highest BCUT2D eigenvalue weighted by Gasteiger charge is 2.66. The largest absolute Gasteiger partial charge is 0.497 e. The van der Waals surface area contributed by atoms with Crippen LogP contribution >= 0.6 is 0 Å². The van der Waals surface area contributed by atoms with Gasteiger partial charge in [0.15, 0.2) is 5.60 Å². The predicted molar refractivity (Wildman–Crippen MR) is 186 cm³/mol. The van der Waals surface area contributed by atoms with E-state index >= 15 is 0 Å². The van der Waals surface area contributed by atoms with Crippen LogP contribution in [-0.2, 0) is 21.7 Å². The Labute approximate surface area is 280 Å². The van der Waals surface area contributed by atoms with Crippen LogP contribution in [0.25, 0.3) is 0 Å². The fourth-order valence-electron chi connectivity index (χ4n) is 7.64. The number of carbonyl (C=O) groups is 2. The fourth-order valence-corrected chi connectivity index (χ4v) is 11.7. The summed E-state index contributed by atoms with van der Waals surface area (Å²) in [7, 11) is -0.774. The molecule has 10 nitrogen and oxygen atoms in total. The molecule has 2 heterocycles.